The Labute approximate surface area is 111 Å². The summed E-state index contributed by atoms with van der Waals surface area (Å²) in [6.07, 6.45) is 1.41. The second-order valence-electron chi connectivity index (χ2n) is 4.54. The van der Waals surface area contributed by atoms with Crippen molar-refractivity contribution in [2.75, 3.05) is 0 Å². The first-order chi connectivity index (χ1) is 9.11. The van der Waals surface area contributed by atoms with Gasteiger partial charge in [-0.15, -0.1) is 0 Å². The molecule has 7 heteroatoms. The maximum absolute atomic E-state index is 12.1. The van der Waals surface area contributed by atoms with Crippen LogP contribution in [0.2, 0.25) is 0 Å². The molecule has 2 rings (SSSR count). The molecule has 0 saturated heterocycles. The van der Waals surface area contributed by atoms with Crippen LogP contribution in [-0.2, 0) is 13.1 Å². The van der Waals surface area contributed by atoms with Crippen LogP contribution >= 0.6 is 0 Å². The number of nitrogens with one attached hydrogen (secondary N) is 2. The molecule has 2 aromatic rings. The first-order valence-corrected chi connectivity index (χ1v) is 6.32. The van der Waals surface area contributed by atoms with Crippen LogP contribution in [0.15, 0.2) is 12.4 Å². The SMILES string of the molecule is CCn1nc(C(C)C)cc1C(=O)NCc1ncn[nH]1. The van der Waals surface area contributed by atoms with Crippen LogP contribution in [0.3, 0.4) is 0 Å². The molecule has 0 atom stereocenters. The van der Waals surface area contributed by atoms with Gasteiger partial charge < -0.3 is 5.32 Å². The third-order valence-corrected chi connectivity index (χ3v) is 2.80. The fraction of sp³-hybridized carbons (Fsp3) is 0.500. The van der Waals surface area contributed by atoms with E-state index in [0.717, 1.165) is 5.69 Å². The summed E-state index contributed by atoms with van der Waals surface area (Å²) in [6, 6.07) is 1.84. The zero-order valence-corrected chi connectivity index (χ0v) is 11.3. The van der Waals surface area contributed by atoms with Crippen molar-refractivity contribution in [2.24, 2.45) is 0 Å². The third kappa shape index (κ3) is 2.98. The van der Waals surface area contributed by atoms with Gasteiger partial charge in [0.2, 0.25) is 0 Å². The number of nitrogens with zero attached hydrogens (tertiary/aromatic N) is 4. The summed E-state index contributed by atoms with van der Waals surface area (Å²) in [7, 11) is 0. The van der Waals surface area contributed by atoms with Crippen LogP contribution in [0.25, 0.3) is 0 Å². The van der Waals surface area contributed by atoms with Gasteiger partial charge in [-0.05, 0) is 18.9 Å². The second kappa shape index (κ2) is 5.64. The average molecular weight is 262 g/mol. The highest BCUT2D eigenvalue weighted by atomic mass is 16.2. The Morgan fingerprint density at radius 1 is 1.53 bits per heavy atom. The normalized spacial score (nSPS) is 10.9. The van der Waals surface area contributed by atoms with E-state index in [-0.39, 0.29) is 5.91 Å². The molecule has 2 aromatic heterocycles. The highest BCUT2D eigenvalue weighted by Crippen LogP contribution is 2.14. The zero-order valence-electron chi connectivity index (χ0n) is 11.3. The molecule has 19 heavy (non-hydrogen) atoms. The summed E-state index contributed by atoms with van der Waals surface area (Å²) in [5.41, 5.74) is 1.50. The number of carbonyl (C=O) groups is 1. The molecule has 0 aliphatic rings. The number of amides is 1. The molecule has 0 radical (unpaired) electrons. The quantitative estimate of drug-likeness (QED) is 0.843. The van der Waals surface area contributed by atoms with Crippen LogP contribution in [0.1, 0.15) is 48.7 Å². The van der Waals surface area contributed by atoms with Gasteiger partial charge in [-0.25, -0.2) is 4.98 Å². The fourth-order valence-electron chi connectivity index (χ4n) is 1.71. The highest BCUT2D eigenvalue weighted by Gasteiger charge is 2.16. The number of H-pyrrole nitrogens is 1. The molecule has 1 amide bonds. The van der Waals surface area contributed by atoms with Crippen LogP contribution in [0.4, 0.5) is 0 Å². The van der Waals surface area contributed by atoms with E-state index in [1.54, 1.807) is 4.68 Å². The van der Waals surface area contributed by atoms with Gasteiger partial charge >= 0.3 is 0 Å². The van der Waals surface area contributed by atoms with Crippen molar-refractivity contribution in [3.05, 3.63) is 29.6 Å². The number of aryl methyl sites for hydroxylation is 1. The van der Waals surface area contributed by atoms with Crippen molar-refractivity contribution in [1.29, 1.82) is 0 Å². The molecule has 0 bridgehead atoms. The largest absolute Gasteiger partial charge is 0.343 e. The van der Waals surface area contributed by atoms with Gasteiger partial charge in [-0.1, -0.05) is 13.8 Å². The molecular weight excluding hydrogens is 244 g/mol. The molecule has 0 aromatic carbocycles. The molecule has 7 nitrogen and oxygen atoms in total. The Bertz CT molecular complexity index is 543. The van der Waals surface area contributed by atoms with E-state index in [2.05, 4.69) is 39.4 Å². The van der Waals surface area contributed by atoms with Gasteiger partial charge in [0.15, 0.2) is 0 Å². The van der Waals surface area contributed by atoms with E-state index in [9.17, 15) is 4.79 Å². The summed E-state index contributed by atoms with van der Waals surface area (Å²) in [5.74, 6) is 0.770. The Kier molecular flexibility index (Phi) is 3.94. The lowest BCUT2D eigenvalue weighted by Gasteiger charge is -2.04. The lowest BCUT2D eigenvalue weighted by Crippen LogP contribution is -2.26. The summed E-state index contributed by atoms with van der Waals surface area (Å²) < 4.78 is 1.71. The summed E-state index contributed by atoms with van der Waals surface area (Å²) in [5, 5.41) is 13.6. The van der Waals surface area contributed by atoms with Crippen molar-refractivity contribution in [1.82, 2.24) is 30.3 Å². The van der Waals surface area contributed by atoms with Crippen molar-refractivity contribution < 1.29 is 4.79 Å². The van der Waals surface area contributed by atoms with E-state index in [0.29, 0.717) is 30.5 Å². The maximum Gasteiger partial charge on any atom is 0.269 e. The van der Waals surface area contributed by atoms with Crippen molar-refractivity contribution >= 4 is 5.91 Å². The van der Waals surface area contributed by atoms with E-state index in [1.807, 2.05) is 13.0 Å². The molecule has 2 N–H and O–H groups in total. The molecule has 0 spiro atoms. The van der Waals surface area contributed by atoms with Gasteiger partial charge in [0, 0.05) is 6.54 Å². The first-order valence-electron chi connectivity index (χ1n) is 6.32. The molecule has 102 valence electrons. The second-order valence-corrected chi connectivity index (χ2v) is 4.54. The van der Waals surface area contributed by atoms with Crippen LogP contribution in [0.5, 0.6) is 0 Å². The summed E-state index contributed by atoms with van der Waals surface area (Å²) >= 11 is 0. The van der Waals surface area contributed by atoms with Crippen molar-refractivity contribution in [3.63, 3.8) is 0 Å². The zero-order chi connectivity index (χ0) is 13.8. The third-order valence-electron chi connectivity index (χ3n) is 2.80. The Balaban J connectivity index is 2.09. The van der Waals surface area contributed by atoms with Crippen molar-refractivity contribution in [2.45, 2.75) is 39.8 Å². The molecule has 0 fully saturated rings. The molecule has 0 aliphatic heterocycles. The van der Waals surface area contributed by atoms with Crippen LogP contribution in [-0.4, -0.2) is 30.9 Å². The topological polar surface area (TPSA) is 88.5 Å². The van der Waals surface area contributed by atoms with E-state index >= 15 is 0 Å². The number of aromatic nitrogens is 5. The minimum Gasteiger partial charge on any atom is -0.343 e. The number of hydrogen-bond acceptors (Lipinski definition) is 4. The Hall–Kier alpha value is -2.18. The van der Waals surface area contributed by atoms with Gasteiger partial charge in [0.1, 0.15) is 17.8 Å². The van der Waals surface area contributed by atoms with Gasteiger partial charge in [0.25, 0.3) is 5.91 Å². The number of carbonyl (C=O) groups excluding carboxylic acids is 1. The molecule has 2 heterocycles. The minimum absolute atomic E-state index is 0.155. The van der Waals surface area contributed by atoms with Gasteiger partial charge in [-0.3, -0.25) is 14.6 Å². The van der Waals surface area contributed by atoms with Gasteiger partial charge in [-0.2, -0.15) is 10.2 Å². The Morgan fingerprint density at radius 3 is 2.89 bits per heavy atom. The summed E-state index contributed by atoms with van der Waals surface area (Å²) in [6.45, 7) is 7.06. The highest BCUT2D eigenvalue weighted by molar-refractivity contribution is 5.92. The fourth-order valence-corrected chi connectivity index (χ4v) is 1.71. The van der Waals surface area contributed by atoms with Gasteiger partial charge in [0.05, 0.1) is 12.2 Å². The monoisotopic (exact) mass is 262 g/mol. The van der Waals surface area contributed by atoms with Crippen LogP contribution in [0, 0.1) is 0 Å². The number of hydrogen-bond donors (Lipinski definition) is 2. The molecule has 0 saturated carbocycles. The minimum atomic E-state index is -0.155. The standard InChI is InChI=1S/C12H18N6O/c1-4-18-10(5-9(17-18)8(2)3)12(19)13-6-11-14-7-15-16-11/h5,7-8H,4,6H2,1-3H3,(H,13,19)(H,14,15,16). The average Bonchev–Trinajstić information content (AvgIpc) is 3.04. The smallest absolute Gasteiger partial charge is 0.269 e. The predicted octanol–water partition coefficient (Wildman–Crippen LogP) is 1.07. The number of rotatable bonds is 5. The molecule has 0 aliphatic carbocycles. The lowest BCUT2D eigenvalue weighted by atomic mass is 10.1. The molecular formula is C12H18N6O. The first kappa shape index (κ1) is 13.3. The maximum atomic E-state index is 12.1. The predicted molar refractivity (Wildman–Crippen MR) is 69.5 cm³/mol. The Morgan fingerprint density at radius 2 is 2.32 bits per heavy atom. The van der Waals surface area contributed by atoms with Crippen molar-refractivity contribution in [3.8, 4) is 0 Å². The van der Waals surface area contributed by atoms with E-state index in [4.69, 9.17) is 0 Å². The van der Waals surface area contributed by atoms with E-state index < -0.39 is 0 Å². The van der Waals surface area contributed by atoms with Crippen LogP contribution < -0.4 is 5.32 Å². The summed E-state index contributed by atoms with van der Waals surface area (Å²) in [4.78, 5) is 16.1. The van der Waals surface area contributed by atoms with E-state index in [1.165, 1.54) is 6.33 Å². The molecule has 0 unspecified atom stereocenters. The number of aromatic amines is 1. The lowest BCUT2D eigenvalue weighted by molar-refractivity contribution is 0.0939.